The highest BCUT2D eigenvalue weighted by molar-refractivity contribution is 4.76. The Balaban J connectivity index is 2.37. The van der Waals surface area contributed by atoms with Gasteiger partial charge in [-0.2, -0.15) is 0 Å². The highest BCUT2D eigenvalue weighted by atomic mass is 16.5. The van der Waals surface area contributed by atoms with Gasteiger partial charge in [0.05, 0.1) is 12.2 Å². The smallest absolute Gasteiger partial charge is 0.0729 e. The molecule has 2 heteroatoms. The van der Waals surface area contributed by atoms with Gasteiger partial charge in [0.1, 0.15) is 0 Å². The average molecular weight is 185 g/mol. The van der Waals surface area contributed by atoms with E-state index in [0.29, 0.717) is 12.2 Å². The lowest BCUT2D eigenvalue weighted by Gasteiger charge is -2.28. The molecule has 2 nitrogen and oxygen atoms in total. The van der Waals surface area contributed by atoms with Crippen molar-refractivity contribution in [1.82, 2.24) is 0 Å². The minimum Gasteiger partial charge on any atom is -0.374 e. The zero-order chi connectivity index (χ0) is 9.68. The van der Waals surface area contributed by atoms with Crippen molar-refractivity contribution in [3.63, 3.8) is 0 Å². The van der Waals surface area contributed by atoms with Crippen LogP contribution in [0.3, 0.4) is 0 Å². The zero-order valence-electron chi connectivity index (χ0n) is 8.96. The summed E-state index contributed by atoms with van der Waals surface area (Å²) >= 11 is 0. The first kappa shape index (κ1) is 11.0. The maximum absolute atomic E-state index is 6.07. The van der Waals surface area contributed by atoms with Crippen molar-refractivity contribution in [3.8, 4) is 0 Å². The first-order chi connectivity index (χ1) is 6.20. The number of hydrogen-bond donors (Lipinski definition) is 1. The van der Waals surface area contributed by atoms with Crippen LogP contribution in [-0.2, 0) is 4.74 Å². The van der Waals surface area contributed by atoms with Crippen LogP contribution in [0.4, 0.5) is 0 Å². The minimum atomic E-state index is 0.266. The fraction of sp³-hybridized carbons (Fsp3) is 1.00. The highest BCUT2D eigenvalue weighted by Crippen LogP contribution is 2.19. The van der Waals surface area contributed by atoms with Crippen LogP contribution in [0.15, 0.2) is 0 Å². The summed E-state index contributed by atoms with van der Waals surface area (Å²) < 4.78 is 5.81. The monoisotopic (exact) mass is 185 g/mol. The van der Waals surface area contributed by atoms with E-state index >= 15 is 0 Å². The van der Waals surface area contributed by atoms with E-state index in [9.17, 15) is 0 Å². The molecule has 0 saturated heterocycles. The van der Waals surface area contributed by atoms with Crippen LogP contribution in [-0.4, -0.2) is 18.2 Å². The third-order valence-corrected chi connectivity index (χ3v) is 2.70. The van der Waals surface area contributed by atoms with Gasteiger partial charge in [0.25, 0.3) is 0 Å². The molecule has 1 saturated carbocycles. The molecule has 13 heavy (non-hydrogen) atoms. The normalized spacial score (nSPS) is 31.4. The van der Waals surface area contributed by atoms with Crippen LogP contribution in [0.25, 0.3) is 0 Å². The fourth-order valence-electron chi connectivity index (χ4n) is 2.00. The predicted octanol–water partition coefficient (Wildman–Crippen LogP) is 2.46. The summed E-state index contributed by atoms with van der Waals surface area (Å²) in [6, 6.07) is 0.266. The summed E-state index contributed by atoms with van der Waals surface area (Å²) in [7, 11) is 0. The molecule has 2 N–H and O–H groups in total. The lowest BCUT2D eigenvalue weighted by atomic mass is 9.95. The van der Waals surface area contributed by atoms with E-state index in [1.165, 1.54) is 25.7 Å². The van der Waals surface area contributed by atoms with Gasteiger partial charge >= 0.3 is 0 Å². The van der Waals surface area contributed by atoms with Crippen LogP contribution in [0, 0.1) is 0 Å². The van der Waals surface area contributed by atoms with E-state index in [1.54, 1.807) is 0 Å². The van der Waals surface area contributed by atoms with Crippen molar-refractivity contribution in [2.75, 3.05) is 0 Å². The Hall–Kier alpha value is -0.0800. The first-order valence-corrected chi connectivity index (χ1v) is 5.61. The Morgan fingerprint density at radius 3 is 2.31 bits per heavy atom. The summed E-state index contributed by atoms with van der Waals surface area (Å²) in [6.45, 7) is 4.18. The number of rotatable bonds is 2. The second-order valence-corrected chi connectivity index (χ2v) is 4.38. The molecular weight excluding hydrogens is 162 g/mol. The Kier molecular flexibility index (Phi) is 4.74. The molecule has 1 aliphatic carbocycles. The second kappa shape index (κ2) is 5.61. The number of nitrogens with two attached hydrogens (primary N) is 1. The largest absolute Gasteiger partial charge is 0.374 e. The topological polar surface area (TPSA) is 35.2 Å². The van der Waals surface area contributed by atoms with Gasteiger partial charge in [-0.1, -0.05) is 25.7 Å². The second-order valence-electron chi connectivity index (χ2n) is 4.38. The summed E-state index contributed by atoms with van der Waals surface area (Å²) in [5.74, 6) is 0. The maximum Gasteiger partial charge on any atom is 0.0729 e. The van der Waals surface area contributed by atoms with E-state index in [-0.39, 0.29) is 6.04 Å². The van der Waals surface area contributed by atoms with Gasteiger partial charge in [0.15, 0.2) is 0 Å². The van der Waals surface area contributed by atoms with Crippen molar-refractivity contribution in [2.24, 2.45) is 5.73 Å². The van der Waals surface area contributed by atoms with Crippen molar-refractivity contribution in [1.29, 1.82) is 0 Å². The molecule has 0 heterocycles. The molecule has 2 atom stereocenters. The SMILES string of the molecule is CC(C)O[C@H]1CCCCCC[C@H]1N. The standard InChI is InChI=1S/C11H23NO/c1-9(2)13-11-8-6-4-3-5-7-10(11)12/h9-11H,3-8,12H2,1-2H3/t10-,11+/m1/s1. The molecule has 0 bridgehead atoms. The molecule has 0 unspecified atom stereocenters. The van der Waals surface area contributed by atoms with Gasteiger partial charge in [-0.25, -0.2) is 0 Å². The Bertz CT molecular complexity index is 136. The van der Waals surface area contributed by atoms with Crippen molar-refractivity contribution in [3.05, 3.63) is 0 Å². The van der Waals surface area contributed by atoms with Gasteiger partial charge in [0, 0.05) is 6.04 Å². The van der Waals surface area contributed by atoms with E-state index in [0.717, 1.165) is 12.8 Å². The van der Waals surface area contributed by atoms with Gasteiger partial charge in [-0.15, -0.1) is 0 Å². The molecule has 0 aromatic carbocycles. The van der Waals surface area contributed by atoms with Gasteiger partial charge in [-0.05, 0) is 26.7 Å². The third-order valence-electron chi connectivity index (χ3n) is 2.70. The van der Waals surface area contributed by atoms with Crippen molar-refractivity contribution in [2.45, 2.75) is 70.6 Å². The Morgan fingerprint density at radius 2 is 1.69 bits per heavy atom. The van der Waals surface area contributed by atoms with E-state index in [1.807, 2.05) is 0 Å². The lowest BCUT2D eigenvalue weighted by Crippen LogP contribution is -2.38. The van der Waals surface area contributed by atoms with Gasteiger partial charge in [0.2, 0.25) is 0 Å². The molecule has 0 radical (unpaired) electrons. The summed E-state index contributed by atoms with van der Waals surface area (Å²) in [4.78, 5) is 0. The molecule has 1 rings (SSSR count). The van der Waals surface area contributed by atoms with Crippen molar-refractivity contribution < 1.29 is 4.74 Å². The van der Waals surface area contributed by atoms with Crippen LogP contribution >= 0.6 is 0 Å². The molecule has 0 aromatic heterocycles. The number of hydrogen-bond acceptors (Lipinski definition) is 2. The zero-order valence-corrected chi connectivity index (χ0v) is 8.96. The molecule has 0 amide bonds. The van der Waals surface area contributed by atoms with E-state index in [4.69, 9.17) is 10.5 Å². The van der Waals surface area contributed by atoms with Crippen LogP contribution in [0.2, 0.25) is 0 Å². The first-order valence-electron chi connectivity index (χ1n) is 5.61. The molecule has 0 aliphatic heterocycles. The fourth-order valence-corrected chi connectivity index (χ4v) is 2.00. The summed E-state index contributed by atoms with van der Waals surface area (Å²) in [6.07, 6.45) is 8.17. The lowest BCUT2D eigenvalue weighted by molar-refractivity contribution is -0.0163. The molecule has 1 aliphatic rings. The average Bonchev–Trinajstić information content (AvgIpc) is 2.04. The molecule has 0 spiro atoms. The minimum absolute atomic E-state index is 0.266. The molecule has 0 aromatic rings. The molecule has 78 valence electrons. The summed E-state index contributed by atoms with van der Waals surface area (Å²) in [5.41, 5.74) is 6.07. The van der Waals surface area contributed by atoms with E-state index < -0.39 is 0 Å². The highest BCUT2D eigenvalue weighted by Gasteiger charge is 2.20. The van der Waals surface area contributed by atoms with Crippen LogP contribution in [0.1, 0.15) is 52.4 Å². The third kappa shape index (κ3) is 4.10. The van der Waals surface area contributed by atoms with Crippen LogP contribution < -0.4 is 5.73 Å². The number of ether oxygens (including phenoxy) is 1. The van der Waals surface area contributed by atoms with Crippen LogP contribution in [0.5, 0.6) is 0 Å². The summed E-state index contributed by atoms with van der Waals surface area (Å²) in [5, 5.41) is 0. The Labute approximate surface area is 81.8 Å². The predicted molar refractivity (Wildman–Crippen MR) is 55.7 cm³/mol. The molecule has 1 fully saturated rings. The Morgan fingerprint density at radius 1 is 1.08 bits per heavy atom. The maximum atomic E-state index is 6.07. The quantitative estimate of drug-likeness (QED) is 0.717. The van der Waals surface area contributed by atoms with Gasteiger partial charge in [-0.3, -0.25) is 0 Å². The molecular formula is C11H23NO. The van der Waals surface area contributed by atoms with Gasteiger partial charge < -0.3 is 10.5 Å². The van der Waals surface area contributed by atoms with E-state index in [2.05, 4.69) is 13.8 Å². The van der Waals surface area contributed by atoms with Crippen molar-refractivity contribution >= 4 is 0 Å².